The number of hydrogen-bond acceptors (Lipinski definition) is 7. The Morgan fingerprint density at radius 3 is 2.27 bits per heavy atom. The first-order valence-corrected chi connectivity index (χ1v) is 16.8. The van der Waals surface area contributed by atoms with Crippen LogP contribution in [0, 0.1) is 11.7 Å². The SMILES string of the molecule is O=C1[C@@H]2C[C@@H]3C(=CCn4c(=O)n(-c5ccccc5)c(=O)n43)[C@H](c3ccc(OCCO)cc3)[C@]2(c2ccc(Cl)cc2)C(=O)N1Nc1ccc(F)cc1. The molecular formula is C38H31ClFN5O6. The van der Waals surface area contributed by atoms with Crippen molar-refractivity contribution in [1.29, 1.82) is 0 Å². The van der Waals surface area contributed by atoms with Gasteiger partial charge in [0.25, 0.3) is 11.8 Å². The molecule has 51 heavy (non-hydrogen) atoms. The Morgan fingerprint density at radius 2 is 1.59 bits per heavy atom. The zero-order chi connectivity index (χ0) is 35.4. The number of aromatic nitrogens is 3. The van der Waals surface area contributed by atoms with Gasteiger partial charge in [0.1, 0.15) is 18.2 Å². The van der Waals surface area contributed by atoms with Crippen molar-refractivity contribution in [2.45, 2.75) is 30.3 Å². The van der Waals surface area contributed by atoms with Gasteiger partial charge in [-0.05, 0) is 83.8 Å². The fourth-order valence-corrected chi connectivity index (χ4v) is 8.14. The summed E-state index contributed by atoms with van der Waals surface area (Å²) < 4.78 is 23.4. The van der Waals surface area contributed by atoms with Crippen LogP contribution in [0.5, 0.6) is 5.75 Å². The number of allylic oxidation sites excluding steroid dienone is 2. The Balaban J connectivity index is 1.35. The normalized spacial score (nSPS) is 22.2. The third-order valence-corrected chi connectivity index (χ3v) is 10.4. The summed E-state index contributed by atoms with van der Waals surface area (Å²) >= 11 is 6.35. The predicted octanol–water partition coefficient (Wildman–Crippen LogP) is 4.58. The first-order valence-electron chi connectivity index (χ1n) is 16.4. The zero-order valence-corrected chi connectivity index (χ0v) is 27.7. The molecule has 1 saturated heterocycles. The number of anilines is 1. The van der Waals surface area contributed by atoms with E-state index in [1.54, 1.807) is 66.7 Å². The molecule has 3 aliphatic rings. The largest absolute Gasteiger partial charge is 0.491 e. The molecule has 1 aliphatic carbocycles. The average molecular weight is 708 g/mol. The highest BCUT2D eigenvalue weighted by atomic mass is 35.5. The first kappa shape index (κ1) is 32.5. The molecule has 2 fully saturated rings. The summed E-state index contributed by atoms with van der Waals surface area (Å²) in [6.45, 7) is -0.0372. The van der Waals surface area contributed by atoms with E-state index in [4.69, 9.17) is 16.3 Å². The summed E-state index contributed by atoms with van der Waals surface area (Å²) in [6.07, 6.45) is 1.90. The van der Waals surface area contributed by atoms with E-state index in [1.807, 2.05) is 18.2 Å². The number of aliphatic hydroxyl groups is 1. The molecule has 1 aromatic heterocycles. The minimum atomic E-state index is -1.53. The molecule has 13 heteroatoms. The third kappa shape index (κ3) is 5.04. The quantitative estimate of drug-likeness (QED) is 0.179. The van der Waals surface area contributed by atoms with Crippen molar-refractivity contribution in [1.82, 2.24) is 18.9 Å². The molecule has 5 aromatic rings. The van der Waals surface area contributed by atoms with Crippen LogP contribution in [0.2, 0.25) is 5.02 Å². The average Bonchev–Trinajstić information content (AvgIpc) is 3.53. The number of aliphatic hydroxyl groups excluding tert-OH is 1. The summed E-state index contributed by atoms with van der Waals surface area (Å²) in [7, 11) is 0. The van der Waals surface area contributed by atoms with Crippen molar-refractivity contribution in [3.63, 3.8) is 0 Å². The lowest BCUT2D eigenvalue weighted by Crippen LogP contribution is -2.53. The molecule has 258 valence electrons. The van der Waals surface area contributed by atoms with E-state index >= 15 is 4.79 Å². The second kappa shape index (κ2) is 12.6. The van der Waals surface area contributed by atoms with Gasteiger partial charge < -0.3 is 9.84 Å². The topological polar surface area (TPSA) is 128 Å². The second-order valence-electron chi connectivity index (χ2n) is 12.7. The van der Waals surface area contributed by atoms with Gasteiger partial charge in [-0.15, -0.1) is 0 Å². The standard InChI is InChI=1S/C38H31ClFN5O6/c39-25-10-8-24(9-11-25)38-31(34(47)44(35(38)48)41-27-14-12-26(40)13-15-27)22-32-30(33(38)23-6-16-29(17-7-23)51-21-20-46)18-19-42-36(49)43(37(50)45(32)42)28-4-2-1-3-5-28/h1-18,31-33,41,46H,19-22H2/t31-,32+,33-,38+/m0/s1. The monoisotopic (exact) mass is 707 g/mol. The lowest BCUT2D eigenvalue weighted by atomic mass is 9.53. The van der Waals surface area contributed by atoms with Crippen LogP contribution in [0.25, 0.3) is 5.69 Å². The van der Waals surface area contributed by atoms with Crippen LogP contribution < -0.4 is 21.5 Å². The maximum Gasteiger partial charge on any atom is 0.352 e. The number of hydrogen-bond donors (Lipinski definition) is 2. The number of nitrogens with zero attached hydrogens (tertiary/aromatic N) is 4. The van der Waals surface area contributed by atoms with Crippen molar-refractivity contribution < 1.29 is 23.8 Å². The summed E-state index contributed by atoms with van der Waals surface area (Å²) in [6, 6.07) is 27.1. The van der Waals surface area contributed by atoms with Crippen molar-refractivity contribution in [3.8, 4) is 11.4 Å². The Hall–Kier alpha value is -5.72. The Morgan fingerprint density at radius 1 is 0.882 bits per heavy atom. The van der Waals surface area contributed by atoms with Crippen molar-refractivity contribution >= 4 is 29.1 Å². The van der Waals surface area contributed by atoms with E-state index in [9.17, 15) is 23.9 Å². The van der Waals surface area contributed by atoms with Crippen LogP contribution in [0.15, 0.2) is 124 Å². The number of benzene rings is 4. The number of nitrogens with one attached hydrogen (secondary N) is 1. The minimum absolute atomic E-state index is 0.0208. The zero-order valence-electron chi connectivity index (χ0n) is 27.0. The van der Waals surface area contributed by atoms with E-state index in [1.165, 1.54) is 33.6 Å². The summed E-state index contributed by atoms with van der Waals surface area (Å²) in [4.78, 5) is 57.9. The molecule has 2 amide bonds. The Labute approximate surface area is 295 Å². The van der Waals surface area contributed by atoms with Crippen molar-refractivity contribution in [2.24, 2.45) is 5.92 Å². The van der Waals surface area contributed by atoms with E-state index < -0.39 is 52.3 Å². The molecular weight excluding hydrogens is 677 g/mol. The molecule has 3 heterocycles. The van der Waals surface area contributed by atoms with Gasteiger partial charge in [0, 0.05) is 10.9 Å². The molecule has 4 aromatic carbocycles. The van der Waals surface area contributed by atoms with Crippen LogP contribution in [-0.4, -0.2) is 49.1 Å². The van der Waals surface area contributed by atoms with Crippen LogP contribution >= 0.6 is 11.6 Å². The maximum atomic E-state index is 15.2. The van der Waals surface area contributed by atoms with Gasteiger partial charge in [-0.25, -0.2) is 27.9 Å². The molecule has 8 rings (SSSR count). The molecule has 2 aliphatic heterocycles. The molecule has 2 N–H and O–H groups in total. The number of imide groups is 1. The number of rotatable bonds is 8. The van der Waals surface area contributed by atoms with E-state index in [-0.39, 0.29) is 26.2 Å². The van der Waals surface area contributed by atoms with E-state index in [0.717, 1.165) is 9.58 Å². The van der Waals surface area contributed by atoms with Crippen LogP contribution in [-0.2, 0) is 21.5 Å². The van der Waals surface area contributed by atoms with Crippen LogP contribution in [0.4, 0.5) is 10.1 Å². The molecule has 1 saturated carbocycles. The van der Waals surface area contributed by atoms with Crippen molar-refractivity contribution in [3.05, 3.63) is 158 Å². The highest BCUT2D eigenvalue weighted by Gasteiger charge is 2.68. The highest BCUT2D eigenvalue weighted by Crippen LogP contribution is 2.62. The summed E-state index contributed by atoms with van der Waals surface area (Å²) in [5, 5.41) is 10.7. The smallest absolute Gasteiger partial charge is 0.352 e. The van der Waals surface area contributed by atoms with Gasteiger partial charge in [-0.2, -0.15) is 5.01 Å². The number of carbonyl (C=O) groups is 2. The van der Waals surface area contributed by atoms with E-state index in [2.05, 4.69) is 5.43 Å². The summed E-state index contributed by atoms with van der Waals surface area (Å²) in [5.74, 6) is -2.89. The van der Waals surface area contributed by atoms with E-state index in [0.29, 0.717) is 38.8 Å². The number of fused-ring (bicyclic) bond motifs is 4. The fraction of sp³-hybridized carbons (Fsp3) is 0.211. The van der Waals surface area contributed by atoms with Crippen molar-refractivity contribution in [2.75, 3.05) is 18.6 Å². The molecule has 0 bridgehead atoms. The van der Waals surface area contributed by atoms with Gasteiger partial charge in [0.2, 0.25) is 0 Å². The second-order valence-corrected chi connectivity index (χ2v) is 13.2. The molecule has 0 radical (unpaired) electrons. The Bertz CT molecular complexity index is 2300. The lowest BCUT2D eigenvalue weighted by Gasteiger charge is -2.49. The van der Waals surface area contributed by atoms with Crippen LogP contribution in [0.3, 0.4) is 0 Å². The van der Waals surface area contributed by atoms with Gasteiger partial charge in [0.05, 0.1) is 41.9 Å². The molecule has 11 nitrogen and oxygen atoms in total. The number of carbonyl (C=O) groups excluding carboxylic acids is 2. The van der Waals surface area contributed by atoms with Crippen LogP contribution in [0.1, 0.15) is 29.5 Å². The molecule has 4 atom stereocenters. The fourth-order valence-electron chi connectivity index (χ4n) is 8.01. The predicted molar refractivity (Wildman–Crippen MR) is 186 cm³/mol. The number of halogens is 2. The number of amides is 2. The van der Waals surface area contributed by atoms with Gasteiger partial charge in [-0.3, -0.25) is 15.0 Å². The minimum Gasteiger partial charge on any atom is -0.491 e. The third-order valence-electron chi connectivity index (χ3n) is 10.1. The van der Waals surface area contributed by atoms with Gasteiger partial charge in [-0.1, -0.05) is 60.1 Å². The highest BCUT2D eigenvalue weighted by molar-refractivity contribution is 6.30. The number of ether oxygens (including phenoxy) is 1. The lowest BCUT2D eigenvalue weighted by molar-refractivity contribution is -0.138. The summed E-state index contributed by atoms with van der Waals surface area (Å²) in [5.41, 5.74) is 2.95. The maximum absolute atomic E-state index is 15.2. The molecule has 0 spiro atoms. The first-order chi connectivity index (χ1) is 24.7. The number of para-hydroxylation sites is 1. The number of hydrazine groups is 1. The molecule has 0 unspecified atom stereocenters. The Kier molecular flexibility index (Phi) is 8.00. The van der Waals surface area contributed by atoms with Gasteiger partial charge >= 0.3 is 11.4 Å². The van der Waals surface area contributed by atoms with Gasteiger partial charge in [0.15, 0.2) is 0 Å².